The molecule has 4 heteroatoms. The molecule has 1 aliphatic rings. The van der Waals surface area contributed by atoms with E-state index in [0.29, 0.717) is 5.02 Å². The summed E-state index contributed by atoms with van der Waals surface area (Å²) >= 11 is 9.35. The third-order valence-electron chi connectivity index (χ3n) is 2.34. The summed E-state index contributed by atoms with van der Waals surface area (Å²) in [5, 5.41) is 0.668. The molecule has 1 heterocycles. The molecule has 0 aromatic heterocycles. The second-order valence-electron chi connectivity index (χ2n) is 3.39. The van der Waals surface area contributed by atoms with Gasteiger partial charge in [0.1, 0.15) is 5.76 Å². The first-order valence-electron chi connectivity index (χ1n) is 4.72. The van der Waals surface area contributed by atoms with Crippen molar-refractivity contribution in [1.29, 1.82) is 0 Å². The Morgan fingerprint density at radius 1 is 1.47 bits per heavy atom. The normalized spacial score (nSPS) is 17.1. The standard InChI is InChI=1S/C11H11BrClNO/c12-8-4-3-7(6-9(8)13)11(14)10-2-1-5-15-10/h2-4,6,11H,1,5,14H2. The van der Waals surface area contributed by atoms with Crippen LogP contribution in [0.3, 0.4) is 0 Å². The number of halogens is 2. The summed E-state index contributed by atoms with van der Waals surface area (Å²) < 4.78 is 6.30. The monoisotopic (exact) mass is 287 g/mol. The Labute approximate surface area is 102 Å². The Kier molecular flexibility index (Phi) is 3.34. The molecule has 0 saturated heterocycles. The summed E-state index contributed by atoms with van der Waals surface area (Å²) in [4.78, 5) is 0. The van der Waals surface area contributed by atoms with Gasteiger partial charge in [-0.05, 0) is 39.7 Å². The van der Waals surface area contributed by atoms with Crippen molar-refractivity contribution in [3.05, 3.63) is 45.1 Å². The molecular formula is C11H11BrClNO. The van der Waals surface area contributed by atoms with E-state index in [-0.39, 0.29) is 6.04 Å². The Balaban J connectivity index is 2.25. The molecule has 0 fully saturated rings. The van der Waals surface area contributed by atoms with Crippen molar-refractivity contribution in [1.82, 2.24) is 0 Å². The number of benzene rings is 1. The predicted molar refractivity (Wildman–Crippen MR) is 64.7 cm³/mol. The minimum atomic E-state index is -0.210. The van der Waals surface area contributed by atoms with Gasteiger partial charge in [-0.3, -0.25) is 0 Å². The van der Waals surface area contributed by atoms with E-state index in [9.17, 15) is 0 Å². The maximum absolute atomic E-state index is 6.05. The van der Waals surface area contributed by atoms with Gasteiger partial charge < -0.3 is 10.5 Å². The summed E-state index contributed by atoms with van der Waals surface area (Å²) in [7, 11) is 0. The lowest BCUT2D eigenvalue weighted by atomic mass is 10.1. The zero-order valence-corrected chi connectivity index (χ0v) is 10.4. The predicted octanol–water partition coefficient (Wildman–Crippen LogP) is 3.41. The molecule has 0 bridgehead atoms. The summed E-state index contributed by atoms with van der Waals surface area (Å²) in [6, 6.07) is 5.49. The second-order valence-corrected chi connectivity index (χ2v) is 4.66. The SMILES string of the molecule is NC(C1=CCCO1)c1ccc(Br)c(Cl)c1. The first-order chi connectivity index (χ1) is 7.18. The number of rotatable bonds is 2. The lowest BCUT2D eigenvalue weighted by Crippen LogP contribution is -2.13. The fraction of sp³-hybridized carbons (Fsp3) is 0.273. The highest BCUT2D eigenvalue weighted by Gasteiger charge is 2.17. The molecular weight excluding hydrogens is 277 g/mol. The minimum Gasteiger partial charge on any atom is -0.496 e. The average molecular weight is 289 g/mol. The quantitative estimate of drug-likeness (QED) is 0.905. The molecule has 2 rings (SSSR count). The van der Waals surface area contributed by atoms with E-state index >= 15 is 0 Å². The van der Waals surface area contributed by atoms with Gasteiger partial charge in [-0.25, -0.2) is 0 Å². The van der Waals surface area contributed by atoms with Crippen molar-refractivity contribution in [2.24, 2.45) is 5.73 Å². The van der Waals surface area contributed by atoms with Crippen LogP contribution in [0.1, 0.15) is 18.0 Å². The molecule has 1 unspecified atom stereocenters. The van der Waals surface area contributed by atoms with E-state index in [1.54, 1.807) is 0 Å². The number of ether oxygens (including phenoxy) is 1. The van der Waals surface area contributed by atoms with Crippen molar-refractivity contribution < 1.29 is 4.74 Å². The molecule has 0 aliphatic carbocycles. The maximum atomic E-state index is 6.05. The first-order valence-corrected chi connectivity index (χ1v) is 5.89. The smallest absolute Gasteiger partial charge is 0.113 e. The molecule has 0 spiro atoms. The van der Waals surface area contributed by atoms with Crippen LogP contribution in [-0.2, 0) is 4.74 Å². The minimum absolute atomic E-state index is 0.210. The first kappa shape index (κ1) is 11.0. The van der Waals surface area contributed by atoms with E-state index < -0.39 is 0 Å². The highest BCUT2D eigenvalue weighted by molar-refractivity contribution is 9.10. The largest absolute Gasteiger partial charge is 0.496 e. The van der Waals surface area contributed by atoms with Crippen LogP contribution >= 0.6 is 27.5 Å². The molecule has 2 N–H and O–H groups in total. The maximum Gasteiger partial charge on any atom is 0.113 e. The Morgan fingerprint density at radius 3 is 2.87 bits per heavy atom. The third kappa shape index (κ3) is 2.36. The van der Waals surface area contributed by atoms with Crippen LogP contribution in [0.15, 0.2) is 34.5 Å². The van der Waals surface area contributed by atoms with Crippen LogP contribution in [0, 0.1) is 0 Å². The Hall–Kier alpha value is -0.510. The molecule has 1 aromatic rings. The summed E-state index contributed by atoms with van der Waals surface area (Å²) in [5.74, 6) is 0.841. The topological polar surface area (TPSA) is 35.2 Å². The van der Waals surface area contributed by atoms with Crippen molar-refractivity contribution in [2.75, 3.05) is 6.61 Å². The van der Waals surface area contributed by atoms with E-state index in [2.05, 4.69) is 15.9 Å². The van der Waals surface area contributed by atoms with Crippen molar-refractivity contribution in [3.8, 4) is 0 Å². The average Bonchev–Trinajstić information content (AvgIpc) is 2.74. The molecule has 1 atom stereocenters. The van der Waals surface area contributed by atoms with Gasteiger partial charge >= 0.3 is 0 Å². The molecule has 15 heavy (non-hydrogen) atoms. The Bertz CT molecular complexity index is 406. The highest BCUT2D eigenvalue weighted by Crippen LogP contribution is 2.29. The third-order valence-corrected chi connectivity index (χ3v) is 3.57. The van der Waals surface area contributed by atoms with Gasteiger partial charge in [0.05, 0.1) is 17.7 Å². The molecule has 1 aromatic carbocycles. The number of nitrogens with two attached hydrogens (primary N) is 1. The van der Waals surface area contributed by atoms with Crippen molar-refractivity contribution in [2.45, 2.75) is 12.5 Å². The zero-order chi connectivity index (χ0) is 10.8. The van der Waals surface area contributed by atoms with Gasteiger partial charge in [0, 0.05) is 10.9 Å². The molecule has 2 nitrogen and oxygen atoms in total. The zero-order valence-electron chi connectivity index (χ0n) is 8.04. The van der Waals surface area contributed by atoms with Gasteiger partial charge in [-0.15, -0.1) is 0 Å². The van der Waals surface area contributed by atoms with E-state index in [4.69, 9.17) is 22.1 Å². The molecule has 80 valence electrons. The second kappa shape index (κ2) is 4.56. The molecule has 0 saturated carbocycles. The van der Waals surface area contributed by atoms with E-state index in [0.717, 1.165) is 28.8 Å². The lowest BCUT2D eigenvalue weighted by Gasteiger charge is -2.14. The van der Waals surface area contributed by atoms with Gasteiger partial charge in [-0.1, -0.05) is 17.7 Å². The number of hydrogen-bond acceptors (Lipinski definition) is 2. The van der Waals surface area contributed by atoms with Gasteiger partial charge in [-0.2, -0.15) is 0 Å². The lowest BCUT2D eigenvalue weighted by molar-refractivity contribution is 0.225. The van der Waals surface area contributed by atoms with Crippen LogP contribution in [0.5, 0.6) is 0 Å². The summed E-state index contributed by atoms with van der Waals surface area (Å²) in [6.07, 6.45) is 2.97. The number of hydrogen-bond donors (Lipinski definition) is 1. The van der Waals surface area contributed by atoms with E-state index in [1.165, 1.54) is 0 Å². The van der Waals surface area contributed by atoms with Crippen LogP contribution < -0.4 is 5.73 Å². The molecule has 0 radical (unpaired) electrons. The van der Waals surface area contributed by atoms with Gasteiger partial charge in [0.15, 0.2) is 0 Å². The molecule has 0 amide bonds. The fourth-order valence-corrected chi connectivity index (χ4v) is 1.96. The van der Waals surface area contributed by atoms with Gasteiger partial charge in [0.2, 0.25) is 0 Å². The summed E-state index contributed by atoms with van der Waals surface area (Å²) in [6.45, 7) is 0.729. The fourth-order valence-electron chi connectivity index (χ4n) is 1.52. The Morgan fingerprint density at radius 2 is 2.27 bits per heavy atom. The van der Waals surface area contributed by atoms with Gasteiger partial charge in [0.25, 0.3) is 0 Å². The van der Waals surface area contributed by atoms with Crippen molar-refractivity contribution in [3.63, 3.8) is 0 Å². The van der Waals surface area contributed by atoms with E-state index in [1.807, 2.05) is 24.3 Å². The van der Waals surface area contributed by atoms with Crippen molar-refractivity contribution >= 4 is 27.5 Å². The van der Waals surface area contributed by atoms with Crippen LogP contribution in [-0.4, -0.2) is 6.61 Å². The van der Waals surface area contributed by atoms with Crippen LogP contribution in [0.2, 0.25) is 5.02 Å². The van der Waals surface area contributed by atoms with Crippen LogP contribution in [0.25, 0.3) is 0 Å². The van der Waals surface area contributed by atoms with Crippen LogP contribution in [0.4, 0.5) is 0 Å². The highest BCUT2D eigenvalue weighted by atomic mass is 79.9. The summed E-state index contributed by atoms with van der Waals surface area (Å²) in [5.41, 5.74) is 7.02. The molecule has 1 aliphatic heterocycles.